The number of nitrogens with zero attached hydrogens (tertiary/aromatic N) is 5. The first-order chi connectivity index (χ1) is 11.7. The fourth-order valence-electron chi connectivity index (χ4n) is 2.19. The lowest BCUT2D eigenvalue weighted by molar-refractivity contribution is -0.119. The van der Waals surface area contributed by atoms with Gasteiger partial charge in [-0.3, -0.25) is 9.78 Å². The van der Waals surface area contributed by atoms with Crippen molar-refractivity contribution in [1.82, 2.24) is 25.2 Å². The van der Waals surface area contributed by atoms with Crippen LogP contribution in [-0.4, -0.2) is 31.1 Å². The largest absolute Gasteiger partial charge is 0.324 e. The maximum atomic E-state index is 12.5. The molecule has 0 radical (unpaired) electrons. The molecule has 2 aromatic heterocycles. The van der Waals surface area contributed by atoms with Crippen molar-refractivity contribution in [2.45, 2.75) is 19.4 Å². The van der Waals surface area contributed by atoms with Gasteiger partial charge < -0.3 is 5.32 Å². The summed E-state index contributed by atoms with van der Waals surface area (Å²) in [6.07, 6.45) is 3.76. The highest BCUT2D eigenvalue weighted by Crippen LogP contribution is 2.19. The molecule has 8 heteroatoms. The summed E-state index contributed by atoms with van der Waals surface area (Å²) >= 11 is 5.88. The Labute approximate surface area is 143 Å². The molecule has 1 unspecified atom stereocenters. The zero-order valence-electron chi connectivity index (χ0n) is 12.9. The molecule has 1 N–H and O–H groups in total. The molecule has 1 aromatic carbocycles. The molecule has 122 valence electrons. The van der Waals surface area contributed by atoms with Crippen LogP contribution in [0, 0.1) is 0 Å². The second kappa shape index (κ2) is 7.18. The minimum Gasteiger partial charge on any atom is -0.324 e. The van der Waals surface area contributed by atoms with E-state index < -0.39 is 6.04 Å². The Kier molecular flexibility index (Phi) is 4.81. The smallest absolute Gasteiger partial charge is 0.251 e. The molecule has 7 nitrogen and oxygen atoms in total. The summed E-state index contributed by atoms with van der Waals surface area (Å²) in [5.74, 6) is 0.241. The predicted octanol–water partition coefficient (Wildman–Crippen LogP) is 2.98. The third-order valence-electron chi connectivity index (χ3n) is 3.45. The Morgan fingerprint density at radius 3 is 2.58 bits per heavy atom. The lowest BCUT2D eigenvalue weighted by atomic mass is 10.2. The molecule has 0 saturated carbocycles. The fourth-order valence-corrected chi connectivity index (χ4v) is 2.31. The average molecular weight is 343 g/mol. The van der Waals surface area contributed by atoms with E-state index >= 15 is 0 Å². The molecule has 24 heavy (non-hydrogen) atoms. The molecule has 0 spiro atoms. The Morgan fingerprint density at radius 2 is 1.92 bits per heavy atom. The van der Waals surface area contributed by atoms with Crippen LogP contribution < -0.4 is 5.32 Å². The van der Waals surface area contributed by atoms with Crippen LogP contribution in [0.1, 0.15) is 19.4 Å². The number of hydrogen-bond acceptors (Lipinski definition) is 5. The van der Waals surface area contributed by atoms with Gasteiger partial charge >= 0.3 is 0 Å². The van der Waals surface area contributed by atoms with Gasteiger partial charge in [0.2, 0.25) is 5.82 Å². The molecule has 0 saturated heterocycles. The molecule has 0 aliphatic carbocycles. The predicted molar refractivity (Wildman–Crippen MR) is 90.5 cm³/mol. The van der Waals surface area contributed by atoms with Crippen LogP contribution in [0.2, 0.25) is 5.02 Å². The molecule has 0 aliphatic rings. The molecule has 0 aliphatic heterocycles. The quantitative estimate of drug-likeness (QED) is 0.770. The van der Waals surface area contributed by atoms with E-state index in [1.54, 1.807) is 36.7 Å². The van der Waals surface area contributed by atoms with E-state index in [1.165, 1.54) is 4.80 Å². The summed E-state index contributed by atoms with van der Waals surface area (Å²) in [4.78, 5) is 17.7. The average Bonchev–Trinajstić information content (AvgIpc) is 3.07. The van der Waals surface area contributed by atoms with Gasteiger partial charge in [0.15, 0.2) is 6.04 Å². The molecule has 2 heterocycles. The summed E-state index contributed by atoms with van der Waals surface area (Å²) in [5, 5.41) is 15.8. The van der Waals surface area contributed by atoms with Crippen LogP contribution in [0.5, 0.6) is 0 Å². The lowest BCUT2D eigenvalue weighted by Crippen LogP contribution is -2.27. The number of pyridine rings is 1. The summed E-state index contributed by atoms with van der Waals surface area (Å²) in [5.41, 5.74) is 1.46. The second-order valence-electron chi connectivity index (χ2n) is 5.09. The van der Waals surface area contributed by atoms with Gasteiger partial charge in [-0.15, -0.1) is 10.2 Å². The molecule has 0 bridgehead atoms. The number of carbonyl (C=O) groups is 1. The van der Waals surface area contributed by atoms with E-state index in [1.807, 2.05) is 19.1 Å². The summed E-state index contributed by atoms with van der Waals surface area (Å²) in [6.45, 7) is 1.89. The first-order valence-corrected chi connectivity index (χ1v) is 7.81. The number of aromatic nitrogens is 5. The maximum Gasteiger partial charge on any atom is 0.251 e. The summed E-state index contributed by atoms with van der Waals surface area (Å²) < 4.78 is 0. The Bertz CT molecular complexity index is 818. The van der Waals surface area contributed by atoms with Crippen molar-refractivity contribution in [2.24, 2.45) is 0 Å². The van der Waals surface area contributed by atoms with E-state index in [4.69, 9.17) is 11.6 Å². The van der Waals surface area contributed by atoms with E-state index in [9.17, 15) is 4.79 Å². The number of benzene rings is 1. The Hall–Kier alpha value is -2.80. The highest BCUT2D eigenvalue weighted by Gasteiger charge is 2.22. The van der Waals surface area contributed by atoms with Crippen LogP contribution in [0.25, 0.3) is 11.4 Å². The zero-order valence-corrected chi connectivity index (χ0v) is 13.7. The number of rotatable bonds is 5. The second-order valence-corrected chi connectivity index (χ2v) is 5.53. The Morgan fingerprint density at radius 1 is 1.21 bits per heavy atom. The molecular formula is C16H15ClN6O. The number of tetrazole rings is 1. The van der Waals surface area contributed by atoms with Crippen molar-refractivity contribution < 1.29 is 4.79 Å². The minimum atomic E-state index is -0.549. The first kappa shape index (κ1) is 16.1. The van der Waals surface area contributed by atoms with Crippen LogP contribution in [0.3, 0.4) is 0 Å². The van der Waals surface area contributed by atoms with Gasteiger partial charge in [0.1, 0.15) is 0 Å². The van der Waals surface area contributed by atoms with Crippen molar-refractivity contribution in [2.75, 3.05) is 5.32 Å². The molecule has 1 atom stereocenters. The topological polar surface area (TPSA) is 85.6 Å². The van der Waals surface area contributed by atoms with Crippen molar-refractivity contribution in [3.8, 4) is 11.4 Å². The number of amides is 1. The lowest BCUT2D eigenvalue weighted by Gasteiger charge is -2.13. The van der Waals surface area contributed by atoms with E-state index in [-0.39, 0.29) is 5.91 Å². The molecule has 0 fully saturated rings. The molecule has 3 aromatic rings. The normalized spacial score (nSPS) is 11.9. The van der Waals surface area contributed by atoms with Crippen molar-refractivity contribution >= 4 is 23.2 Å². The third kappa shape index (κ3) is 3.57. The summed E-state index contributed by atoms with van der Waals surface area (Å²) in [7, 11) is 0. The van der Waals surface area contributed by atoms with Gasteiger partial charge in [-0.25, -0.2) is 0 Å². The number of halogens is 1. The number of carbonyl (C=O) groups excluding carboxylic acids is 1. The molecular weight excluding hydrogens is 328 g/mol. The summed E-state index contributed by atoms with van der Waals surface area (Å²) in [6, 6.07) is 10.0. The molecule has 1 amide bonds. The van der Waals surface area contributed by atoms with E-state index in [0.29, 0.717) is 23.0 Å². The molecule has 3 rings (SSSR count). The van der Waals surface area contributed by atoms with Gasteiger partial charge in [-0.05, 0) is 48.0 Å². The van der Waals surface area contributed by atoms with E-state index in [2.05, 4.69) is 25.7 Å². The third-order valence-corrected chi connectivity index (χ3v) is 3.70. The fraction of sp³-hybridized carbons (Fsp3) is 0.188. The van der Waals surface area contributed by atoms with Crippen molar-refractivity contribution in [3.05, 3.63) is 53.8 Å². The highest BCUT2D eigenvalue weighted by atomic mass is 35.5. The monoisotopic (exact) mass is 342 g/mol. The standard InChI is InChI=1S/C16H15ClN6O/c1-2-14(16(24)19-13-7-9-18-10-8-13)23-21-15(20-22-23)11-3-5-12(17)6-4-11/h3-10,14H,2H2,1H3,(H,18,19,24). The van der Waals surface area contributed by atoms with E-state index in [0.717, 1.165) is 5.56 Å². The van der Waals surface area contributed by atoms with Gasteiger partial charge in [0, 0.05) is 28.7 Å². The van der Waals surface area contributed by atoms with Crippen LogP contribution >= 0.6 is 11.6 Å². The zero-order chi connectivity index (χ0) is 16.9. The van der Waals surface area contributed by atoms with Gasteiger partial charge in [0.25, 0.3) is 5.91 Å². The van der Waals surface area contributed by atoms with Crippen LogP contribution in [0.4, 0.5) is 5.69 Å². The van der Waals surface area contributed by atoms with Crippen LogP contribution in [0.15, 0.2) is 48.8 Å². The number of anilines is 1. The SMILES string of the molecule is CCC(C(=O)Nc1ccncc1)n1nnc(-c2ccc(Cl)cc2)n1. The van der Waals surface area contributed by atoms with Gasteiger partial charge in [0.05, 0.1) is 0 Å². The highest BCUT2D eigenvalue weighted by molar-refractivity contribution is 6.30. The first-order valence-electron chi connectivity index (χ1n) is 7.43. The Balaban J connectivity index is 1.78. The van der Waals surface area contributed by atoms with Crippen LogP contribution in [-0.2, 0) is 4.79 Å². The number of nitrogens with one attached hydrogen (secondary N) is 1. The van der Waals surface area contributed by atoms with Crippen molar-refractivity contribution in [3.63, 3.8) is 0 Å². The minimum absolute atomic E-state index is 0.205. The maximum absolute atomic E-state index is 12.5. The van der Waals surface area contributed by atoms with Crippen molar-refractivity contribution in [1.29, 1.82) is 0 Å². The van der Waals surface area contributed by atoms with Gasteiger partial charge in [-0.1, -0.05) is 18.5 Å². The van der Waals surface area contributed by atoms with Gasteiger partial charge in [-0.2, -0.15) is 4.80 Å². The number of hydrogen-bond donors (Lipinski definition) is 1.